The molecular weight excluding hydrogens is 152 g/mol. The van der Waals surface area contributed by atoms with Crippen LogP contribution in [-0.4, -0.2) is 0 Å². The molecule has 1 aromatic carbocycles. The molecule has 0 bridgehead atoms. The third kappa shape index (κ3) is 3.47. The smallest absolute Gasteiger partial charge is 0.0187 e. The summed E-state index contributed by atoms with van der Waals surface area (Å²) < 4.78 is 0. The third-order valence-corrected chi connectivity index (χ3v) is 2.45. The first-order valence-electron chi connectivity index (χ1n) is 3.90. The van der Waals surface area contributed by atoms with Gasteiger partial charge in [-0.1, -0.05) is 37.3 Å². The van der Waals surface area contributed by atoms with E-state index in [4.69, 9.17) is 0 Å². The molecule has 0 nitrogen and oxygen atoms in total. The quantitative estimate of drug-likeness (QED) is 0.615. The molecule has 0 unspecified atom stereocenters. The second-order valence-electron chi connectivity index (χ2n) is 2.37. The highest BCUT2D eigenvalue weighted by Gasteiger charge is 1.89. The monoisotopic (exact) mass is 165 g/mol. The minimum absolute atomic E-state index is 1.11. The highest BCUT2D eigenvalue weighted by molar-refractivity contribution is 8.00. The Balaban J connectivity index is 2.28. The van der Waals surface area contributed by atoms with Crippen LogP contribution in [0.3, 0.4) is 0 Å². The molecule has 0 spiro atoms. The molecule has 0 aliphatic carbocycles. The van der Waals surface area contributed by atoms with E-state index in [9.17, 15) is 0 Å². The normalized spacial score (nSPS) is 9.91. The molecule has 59 valence electrons. The number of benzene rings is 1. The molecule has 0 atom stereocenters. The van der Waals surface area contributed by atoms with Gasteiger partial charge in [0.1, 0.15) is 0 Å². The molecule has 1 aromatic rings. The summed E-state index contributed by atoms with van der Waals surface area (Å²) in [6, 6.07) is 10.5. The van der Waals surface area contributed by atoms with Crippen LogP contribution in [0, 0.1) is 5.75 Å². The first kappa shape index (κ1) is 8.66. The number of hydrogen-bond acceptors (Lipinski definition) is 1. The van der Waals surface area contributed by atoms with E-state index in [0.29, 0.717) is 0 Å². The van der Waals surface area contributed by atoms with Crippen molar-refractivity contribution in [2.24, 2.45) is 0 Å². The van der Waals surface area contributed by atoms with Gasteiger partial charge in [0.15, 0.2) is 0 Å². The van der Waals surface area contributed by atoms with Crippen LogP contribution in [0.4, 0.5) is 0 Å². The second kappa shape index (κ2) is 5.25. The van der Waals surface area contributed by atoms with Crippen LogP contribution < -0.4 is 0 Å². The molecule has 1 radical (unpaired) electrons. The fraction of sp³-hybridized carbons (Fsp3) is 0.300. The van der Waals surface area contributed by atoms with Crippen molar-refractivity contribution in [1.82, 2.24) is 0 Å². The van der Waals surface area contributed by atoms with Gasteiger partial charge in [-0.2, -0.15) is 11.8 Å². The summed E-state index contributed by atoms with van der Waals surface area (Å²) in [5.41, 5.74) is 1.40. The Kier molecular flexibility index (Phi) is 4.14. The van der Waals surface area contributed by atoms with Crippen molar-refractivity contribution in [3.05, 3.63) is 41.6 Å². The van der Waals surface area contributed by atoms with Gasteiger partial charge in [0, 0.05) is 11.5 Å². The first-order chi connectivity index (χ1) is 5.43. The molecule has 1 rings (SSSR count). The standard InChI is InChI=1S/C10H13S/c1-2-8-11-9-10-6-4-3-5-7-10/h3-8H,2,9H2,1H3. The lowest BCUT2D eigenvalue weighted by Gasteiger charge is -1.97. The van der Waals surface area contributed by atoms with Crippen LogP contribution in [0.1, 0.15) is 18.9 Å². The molecule has 0 aliphatic heterocycles. The zero-order valence-corrected chi connectivity index (χ0v) is 7.60. The molecule has 0 fully saturated rings. The Hall–Kier alpha value is -0.430. The maximum atomic E-state index is 2.24. The topological polar surface area (TPSA) is 0 Å². The van der Waals surface area contributed by atoms with Gasteiger partial charge >= 0.3 is 0 Å². The van der Waals surface area contributed by atoms with Crippen LogP contribution in [0.2, 0.25) is 0 Å². The zero-order chi connectivity index (χ0) is 7.94. The number of thioether (sulfide) groups is 1. The lowest BCUT2D eigenvalue weighted by atomic mass is 10.2. The summed E-state index contributed by atoms with van der Waals surface area (Å²) >= 11 is 1.88. The molecule has 0 aliphatic rings. The van der Waals surface area contributed by atoms with Crippen molar-refractivity contribution < 1.29 is 0 Å². The van der Waals surface area contributed by atoms with Gasteiger partial charge in [-0.05, 0) is 12.0 Å². The van der Waals surface area contributed by atoms with Crippen molar-refractivity contribution in [2.75, 3.05) is 0 Å². The summed E-state index contributed by atoms with van der Waals surface area (Å²) in [5, 5.41) is 0. The van der Waals surface area contributed by atoms with Gasteiger partial charge in [-0.3, -0.25) is 0 Å². The van der Waals surface area contributed by atoms with Crippen molar-refractivity contribution in [2.45, 2.75) is 19.1 Å². The molecule has 11 heavy (non-hydrogen) atoms. The van der Waals surface area contributed by atoms with Crippen molar-refractivity contribution in [3.63, 3.8) is 0 Å². The Bertz CT molecular complexity index is 181. The number of hydrogen-bond donors (Lipinski definition) is 0. The minimum atomic E-state index is 1.11. The first-order valence-corrected chi connectivity index (χ1v) is 4.95. The Labute approximate surface area is 73.0 Å². The molecule has 0 heterocycles. The average Bonchev–Trinajstić information content (AvgIpc) is 2.07. The predicted octanol–water partition coefficient (Wildman–Crippen LogP) is 3.49. The molecule has 0 saturated carbocycles. The highest BCUT2D eigenvalue weighted by Crippen LogP contribution is 2.15. The van der Waals surface area contributed by atoms with Gasteiger partial charge in [0.25, 0.3) is 0 Å². The molecule has 0 aromatic heterocycles. The van der Waals surface area contributed by atoms with Crippen LogP contribution in [0.25, 0.3) is 0 Å². The maximum absolute atomic E-state index is 2.24. The van der Waals surface area contributed by atoms with Gasteiger partial charge < -0.3 is 0 Å². The van der Waals surface area contributed by atoms with E-state index in [1.807, 2.05) is 11.8 Å². The van der Waals surface area contributed by atoms with E-state index in [1.165, 1.54) is 5.56 Å². The Morgan fingerprint density at radius 1 is 1.27 bits per heavy atom. The summed E-state index contributed by atoms with van der Waals surface area (Å²) in [7, 11) is 0. The molecule has 0 amide bonds. The number of rotatable bonds is 4. The van der Waals surface area contributed by atoms with Gasteiger partial charge in [-0.15, -0.1) is 0 Å². The van der Waals surface area contributed by atoms with Gasteiger partial charge in [0.05, 0.1) is 0 Å². The summed E-state index contributed by atoms with van der Waals surface area (Å²) in [4.78, 5) is 0. The summed E-state index contributed by atoms with van der Waals surface area (Å²) in [5.74, 6) is 3.35. The van der Waals surface area contributed by atoms with E-state index in [2.05, 4.69) is 43.0 Å². The van der Waals surface area contributed by atoms with Gasteiger partial charge in [0.2, 0.25) is 0 Å². The van der Waals surface area contributed by atoms with E-state index in [0.717, 1.165) is 12.2 Å². The minimum Gasteiger partial charge on any atom is -0.153 e. The van der Waals surface area contributed by atoms with Crippen molar-refractivity contribution in [1.29, 1.82) is 0 Å². The lowest BCUT2D eigenvalue weighted by molar-refractivity contribution is 1.20. The van der Waals surface area contributed by atoms with Gasteiger partial charge in [-0.25, -0.2) is 0 Å². The molecule has 1 heteroatoms. The molecule has 0 saturated heterocycles. The summed E-state index contributed by atoms with van der Waals surface area (Å²) in [6.07, 6.45) is 1.15. The van der Waals surface area contributed by atoms with E-state index in [1.54, 1.807) is 0 Å². The average molecular weight is 165 g/mol. The van der Waals surface area contributed by atoms with Crippen LogP contribution in [-0.2, 0) is 5.75 Å². The summed E-state index contributed by atoms with van der Waals surface area (Å²) in [6.45, 7) is 2.16. The van der Waals surface area contributed by atoms with Crippen LogP contribution in [0.5, 0.6) is 0 Å². The van der Waals surface area contributed by atoms with Crippen LogP contribution in [0.15, 0.2) is 30.3 Å². The fourth-order valence-electron chi connectivity index (χ4n) is 0.847. The third-order valence-electron chi connectivity index (χ3n) is 1.38. The van der Waals surface area contributed by atoms with Crippen molar-refractivity contribution >= 4 is 11.8 Å². The van der Waals surface area contributed by atoms with Crippen molar-refractivity contribution in [3.8, 4) is 0 Å². The lowest BCUT2D eigenvalue weighted by Crippen LogP contribution is -1.77. The maximum Gasteiger partial charge on any atom is 0.0187 e. The SMILES string of the molecule is CC[CH]SCc1ccccc1. The van der Waals surface area contributed by atoms with E-state index in [-0.39, 0.29) is 0 Å². The Morgan fingerprint density at radius 3 is 2.64 bits per heavy atom. The zero-order valence-electron chi connectivity index (χ0n) is 6.79. The van der Waals surface area contributed by atoms with E-state index >= 15 is 0 Å². The fourth-order valence-corrected chi connectivity index (χ4v) is 1.59. The largest absolute Gasteiger partial charge is 0.153 e. The highest BCUT2D eigenvalue weighted by atomic mass is 32.2. The second-order valence-corrected chi connectivity index (χ2v) is 3.33. The Morgan fingerprint density at radius 2 is 2.00 bits per heavy atom. The molecular formula is C10H13S. The predicted molar refractivity (Wildman–Crippen MR) is 52.3 cm³/mol. The van der Waals surface area contributed by atoms with Crippen LogP contribution >= 0.6 is 11.8 Å². The van der Waals surface area contributed by atoms with E-state index < -0.39 is 0 Å². The molecule has 0 N–H and O–H groups in total.